The van der Waals surface area contributed by atoms with E-state index in [1.807, 2.05) is 0 Å². The lowest BCUT2D eigenvalue weighted by molar-refractivity contribution is 0.182. The van der Waals surface area contributed by atoms with Gasteiger partial charge in [-0.1, -0.05) is 22.9 Å². The fraction of sp³-hybridized carbons (Fsp3) is 0.769. The van der Waals surface area contributed by atoms with Crippen LogP contribution in [0.3, 0.4) is 0 Å². The molecule has 0 aromatic carbocycles. The molecule has 1 fully saturated rings. The first-order valence-corrected chi connectivity index (χ1v) is 9.76. The molecule has 0 radical (unpaired) electrons. The molecule has 2 rings (SSSR count). The Morgan fingerprint density at radius 2 is 2.10 bits per heavy atom. The number of thiazole rings is 1. The lowest BCUT2D eigenvalue weighted by Crippen LogP contribution is -2.41. The van der Waals surface area contributed by atoms with Crippen molar-refractivity contribution in [3.8, 4) is 0 Å². The summed E-state index contributed by atoms with van der Waals surface area (Å²) in [6.07, 6.45) is 3.16. The highest BCUT2D eigenvalue weighted by Gasteiger charge is 2.31. The SMILES string of the molecule is CC(C)N(C)CC1CCN(S(=O)(=O)c2cnc(Cl)s2)CC1. The average Bonchev–Trinajstić information content (AvgIpc) is 2.86. The smallest absolute Gasteiger partial charge is 0.254 e. The van der Waals surface area contributed by atoms with Gasteiger partial charge in [-0.25, -0.2) is 13.4 Å². The Labute approximate surface area is 136 Å². The van der Waals surface area contributed by atoms with Crippen molar-refractivity contribution >= 4 is 33.0 Å². The molecule has 8 heteroatoms. The Balaban J connectivity index is 1.95. The highest BCUT2D eigenvalue weighted by atomic mass is 35.5. The molecular weight excluding hydrogens is 330 g/mol. The minimum Gasteiger partial charge on any atom is -0.304 e. The fourth-order valence-electron chi connectivity index (χ4n) is 2.44. The van der Waals surface area contributed by atoms with E-state index in [2.05, 4.69) is 30.8 Å². The van der Waals surface area contributed by atoms with Gasteiger partial charge >= 0.3 is 0 Å². The van der Waals surface area contributed by atoms with Crippen LogP contribution in [0.25, 0.3) is 0 Å². The second-order valence-electron chi connectivity index (χ2n) is 5.81. The number of aromatic nitrogens is 1. The molecule has 0 bridgehead atoms. The Morgan fingerprint density at radius 1 is 1.48 bits per heavy atom. The first-order valence-electron chi connectivity index (χ1n) is 7.12. The van der Waals surface area contributed by atoms with E-state index in [1.54, 1.807) is 4.31 Å². The van der Waals surface area contributed by atoms with Gasteiger partial charge in [-0.2, -0.15) is 4.31 Å². The number of halogens is 1. The predicted octanol–water partition coefficient (Wildman–Crippen LogP) is 2.54. The van der Waals surface area contributed by atoms with Gasteiger partial charge in [0.1, 0.15) is 0 Å². The van der Waals surface area contributed by atoms with E-state index >= 15 is 0 Å². The van der Waals surface area contributed by atoms with E-state index in [-0.39, 0.29) is 8.68 Å². The Bertz CT molecular complexity index is 566. The minimum absolute atomic E-state index is 0.241. The van der Waals surface area contributed by atoms with Crippen LogP contribution < -0.4 is 0 Å². The number of rotatable bonds is 5. The topological polar surface area (TPSA) is 53.5 Å². The number of piperidine rings is 1. The van der Waals surface area contributed by atoms with Crippen LogP contribution in [-0.4, -0.2) is 55.3 Å². The maximum atomic E-state index is 12.5. The molecular formula is C13H22ClN3O2S2. The Morgan fingerprint density at radius 3 is 2.57 bits per heavy atom. The van der Waals surface area contributed by atoms with Crippen LogP contribution in [0.15, 0.2) is 10.4 Å². The molecule has 0 saturated carbocycles. The van der Waals surface area contributed by atoms with Crippen LogP contribution in [0.1, 0.15) is 26.7 Å². The van der Waals surface area contributed by atoms with Gasteiger partial charge in [-0.05, 0) is 39.7 Å². The van der Waals surface area contributed by atoms with Crippen LogP contribution in [-0.2, 0) is 10.0 Å². The van der Waals surface area contributed by atoms with Crippen molar-refractivity contribution in [1.29, 1.82) is 0 Å². The molecule has 0 N–H and O–H groups in total. The highest BCUT2D eigenvalue weighted by Crippen LogP contribution is 2.29. The van der Waals surface area contributed by atoms with Gasteiger partial charge in [0.15, 0.2) is 8.68 Å². The predicted molar refractivity (Wildman–Crippen MR) is 86.4 cm³/mol. The monoisotopic (exact) mass is 351 g/mol. The molecule has 0 atom stereocenters. The molecule has 1 aliphatic rings. The van der Waals surface area contributed by atoms with Gasteiger partial charge < -0.3 is 4.90 Å². The minimum atomic E-state index is -3.42. The van der Waals surface area contributed by atoms with E-state index in [1.165, 1.54) is 6.20 Å². The highest BCUT2D eigenvalue weighted by molar-refractivity contribution is 7.91. The molecule has 0 aliphatic carbocycles. The lowest BCUT2D eigenvalue weighted by Gasteiger charge is -2.34. The molecule has 1 saturated heterocycles. The van der Waals surface area contributed by atoms with E-state index in [0.29, 0.717) is 25.0 Å². The first kappa shape index (κ1) is 17.1. The van der Waals surface area contributed by atoms with E-state index < -0.39 is 10.0 Å². The van der Waals surface area contributed by atoms with Crippen molar-refractivity contribution in [2.75, 3.05) is 26.7 Å². The van der Waals surface area contributed by atoms with Gasteiger partial charge in [0.05, 0.1) is 6.20 Å². The zero-order chi connectivity index (χ0) is 15.6. The van der Waals surface area contributed by atoms with Crippen LogP contribution in [0.4, 0.5) is 0 Å². The van der Waals surface area contributed by atoms with Crippen molar-refractivity contribution in [2.24, 2.45) is 5.92 Å². The standard InChI is InChI=1S/C13H22ClN3O2S2/c1-10(2)16(3)9-11-4-6-17(7-5-11)21(18,19)12-8-15-13(14)20-12/h8,10-11H,4-7,9H2,1-3H3. The second kappa shape index (κ2) is 6.91. The van der Waals surface area contributed by atoms with Crippen molar-refractivity contribution in [2.45, 2.75) is 36.9 Å². The number of sulfonamides is 1. The van der Waals surface area contributed by atoms with Crippen LogP contribution >= 0.6 is 22.9 Å². The third-order valence-corrected chi connectivity index (χ3v) is 7.50. The van der Waals surface area contributed by atoms with Crippen molar-refractivity contribution < 1.29 is 8.42 Å². The summed E-state index contributed by atoms with van der Waals surface area (Å²) in [6.45, 7) is 6.53. The normalized spacial score (nSPS) is 18.8. The average molecular weight is 352 g/mol. The summed E-state index contributed by atoms with van der Waals surface area (Å²) in [6, 6.07) is 0.520. The van der Waals surface area contributed by atoms with Gasteiger partial charge in [-0.15, -0.1) is 0 Å². The van der Waals surface area contributed by atoms with Gasteiger partial charge in [-0.3, -0.25) is 0 Å². The molecule has 0 amide bonds. The van der Waals surface area contributed by atoms with Crippen LogP contribution in [0, 0.1) is 5.92 Å². The fourth-order valence-corrected chi connectivity index (χ4v) is 5.35. The quantitative estimate of drug-likeness (QED) is 0.818. The Hall–Kier alpha value is -0.210. The third kappa shape index (κ3) is 4.16. The molecule has 21 heavy (non-hydrogen) atoms. The van der Waals surface area contributed by atoms with Gasteiger partial charge in [0.25, 0.3) is 10.0 Å². The molecule has 1 aromatic heterocycles. The summed E-state index contributed by atoms with van der Waals surface area (Å²) in [5.74, 6) is 0.564. The number of hydrogen-bond donors (Lipinski definition) is 0. The van der Waals surface area contributed by atoms with Crippen molar-refractivity contribution in [3.05, 3.63) is 10.7 Å². The largest absolute Gasteiger partial charge is 0.304 e. The lowest BCUT2D eigenvalue weighted by atomic mass is 9.97. The molecule has 1 aliphatic heterocycles. The zero-order valence-corrected chi connectivity index (χ0v) is 15.0. The molecule has 0 unspecified atom stereocenters. The molecule has 1 aromatic rings. The van der Waals surface area contributed by atoms with E-state index in [4.69, 9.17) is 11.6 Å². The molecule has 120 valence electrons. The second-order valence-corrected chi connectivity index (χ2v) is 9.59. The number of nitrogens with zero attached hydrogens (tertiary/aromatic N) is 3. The summed E-state index contributed by atoms with van der Waals surface area (Å²) >= 11 is 6.75. The first-order chi connectivity index (χ1) is 9.80. The summed E-state index contributed by atoms with van der Waals surface area (Å²) in [5.41, 5.74) is 0. The maximum Gasteiger partial charge on any atom is 0.254 e. The van der Waals surface area contributed by atoms with E-state index in [9.17, 15) is 8.42 Å². The maximum absolute atomic E-state index is 12.5. The van der Waals surface area contributed by atoms with E-state index in [0.717, 1.165) is 30.7 Å². The van der Waals surface area contributed by atoms with Crippen molar-refractivity contribution in [1.82, 2.24) is 14.2 Å². The van der Waals surface area contributed by atoms with Crippen molar-refractivity contribution in [3.63, 3.8) is 0 Å². The Kier molecular flexibility index (Phi) is 5.65. The van der Waals surface area contributed by atoms with Gasteiger partial charge in [0, 0.05) is 25.7 Å². The molecule has 0 spiro atoms. The zero-order valence-electron chi connectivity index (χ0n) is 12.6. The molecule has 2 heterocycles. The summed E-state index contributed by atoms with van der Waals surface area (Å²) < 4.78 is 27.0. The van der Waals surface area contributed by atoms with Crippen LogP contribution in [0.5, 0.6) is 0 Å². The molecule has 5 nitrogen and oxygen atoms in total. The summed E-state index contributed by atoms with van der Waals surface area (Å²) in [5, 5.41) is 0. The van der Waals surface area contributed by atoms with Gasteiger partial charge in [0.2, 0.25) is 0 Å². The summed E-state index contributed by atoms with van der Waals surface area (Å²) in [4.78, 5) is 6.14. The van der Waals surface area contributed by atoms with Crippen LogP contribution in [0.2, 0.25) is 4.47 Å². The number of hydrogen-bond acceptors (Lipinski definition) is 5. The summed E-state index contributed by atoms with van der Waals surface area (Å²) in [7, 11) is -1.30. The third-order valence-electron chi connectivity index (χ3n) is 4.05.